The van der Waals surface area contributed by atoms with Crippen LogP contribution >= 0.6 is 11.8 Å². The predicted molar refractivity (Wildman–Crippen MR) is 192 cm³/mol. The summed E-state index contributed by atoms with van der Waals surface area (Å²) in [7, 11) is 0. The first-order chi connectivity index (χ1) is 22.8. The number of rotatable bonds is 2. The van der Waals surface area contributed by atoms with E-state index in [1.807, 2.05) is 11.8 Å². The minimum absolute atomic E-state index is 0.347. The van der Waals surface area contributed by atoms with Crippen LogP contribution in [0.15, 0.2) is 174 Å². The summed E-state index contributed by atoms with van der Waals surface area (Å²) in [5.41, 5.74) is 14.1. The van der Waals surface area contributed by atoms with Crippen molar-refractivity contribution in [2.24, 2.45) is 0 Å². The summed E-state index contributed by atoms with van der Waals surface area (Å²) in [6.45, 7) is 0. The van der Waals surface area contributed by atoms with Gasteiger partial charge in [-0.05, 0) is 87.3 Å². The largest absolute Gasteiger partial charge is 0.309 e. The van der Waals surface area contributed by atoms with Gasteiger partial charge in [-0.2, -0.15) is 0 Å². The predicted octanol–water partition coefficient (Wildman–Crippen LogP) is 11.5. The van der Waals surface area contributed by atoms with Crippen molar-refractivity contribution < 1.29 is 0 Å². The molecule has 0 saturated carbocycles. The van der Waals surface area contributed by atoms with Crippen LogP contribution in [0.4, 0.5) is 0 Å². The van der Waals surface area contributed by atoms with Crippen LogP contribution in [0.25, 0.3) is 49.7 Å². The maximum atomic E-state index is 2.54. The molecule has 2 heterocycles. The molecule has 2 aliphatic rings. The molecule has 1 atom stereocenters. The first-order valence-electron chi connectivity index (χ1n) is 16.0. The molecular formula is C44H29NS. The lowest BCUT2D eigenvalue weighted by atomic mass is 9.68. The van der Waals surface area contributed by atoms with Crippen molar-refractivity contribution in [1.82, 2.24) is 4.57 Å². The second kappa shape index (κ2) is 9.84. The molecule has 0 amide bonds. The molecule has 7 aromatic carbocycles. The van der Waals surface area contributed by atoms with E-state index >= 15 is 0 Å². The average molecular weight is 604 g/mol. The van der Waals surface area contributed by atoms with Gasteiger partial charge in [0.25, 0.3) is 0 Å². The minimum atomic E-state index is -0.347. The number of hydrogen-bond acceptors (Lipinski definition) is 1. The van der Waals surface area contributed by atoms with Crippen LogP contribution in [0.2, 0.25) is 0 Å². The second-order valence-corrected chi connectivity index (χ2v) is 13.6. The molecule has 216 valence electrons. The second-order valence-electron chi connectivity index (χ2n) is 12.5. The summed E-state index contributed by atoms with van der Waals surface area (Å²) < 4.78 is 2.54. The summed E-state index contributed by atoms with van der Waals surface area (Å²) in [5.74, 6) is 0. The van der Waals surface area contributed by atoms with Crippen LogP contribution in [0.1, 0.15) is 22.3 Å². The first kappa shape index (κ1) is 26.0. The van der Waals surface area contributed by atoms with Gasteiger partial charge in [0.2, 0.25) is 0 Å². The van der Waals surface area contributed by atoms with Gasteiger partial charge in [-0.1, -0.05) is 139 Å². The molecule has 1 aliphatic heterocycles. The highest BCUT2D eigenvalue weighted by Crippen LogP contribution is 2.60. The SMILES string of the molecule is c1ccc(-c2ccc3c(c2)c2ccccc2n3-c2cccc3c2C2(Cc4ccccc4Sc4ccccc42)c2ccccc2-3)cc1. The maximum Gasteiger partial charge on any atom is 0.0541 e. The molecule has 1 spiro atoms. The smallest absolute Gasteiger partial charge is 0.0541 e. The van der Waals surface area contributed by atoms with E-state index in [0.29, 0.717) is 0 Å². The van der Waals surface area contributed by atoms with Crippen LogP contribution in [0.5, 0.6) is 0 Å². The van der Waals surface area contributed by atoms with Crippen molar-refractivity contribution in [1.29, 1.82) is 0 Å². The number of nitrogens with zero attached hydrogens (tertiary/aromatic N) is 1. The Morgan fingerprint density at radius 1 is 0.478 bits per heavy atom. The highest BCUT2D eigenvalue weighted by Gasteiger charge is 2.49. The van der Waals surface area contributed by atoms with Gasteiger partial charge in [0.15, 0.2) is 0 Å². The summed E-state index contributed by atoms with van der Waals surface area (Å²) in [6.07, 6.45) is 0.906. The van der Waals surface area contributed by atoms with Gasteiger partial charge in [0.05, 0.1) is 22.1 Å². The Kier molecular flexibility index (Phi) is 5.56. The quantitative estimate of drug-likeness (QED) is 0.190. The Morgan fingerprint density at radius 2 is 1.17 bits per heavy atom. The molecule has 0 radical (unpaired) electrons. The van der Waals surface area contributed by atoms with E-state index in [0.717, 1.165) is 6.42 Å². The third-order valence-corrected chi connectivity index (χ3v) is 11.4. The fourth-order valence-electron chi connectivity index (χ4n) is 8.29. The highest BCUT2D eigenvalue weighted by atomic mass is 32.2. The van der Waals surface area contributed by atoms with Crippen molar-refractivity contribution in [2.75, 3.05) is 0 Å². The fourth-order valence-corrected chi connectivity index (χ4v) is 9.44. The van der Waals surface area contributed by atoms with E-state index in [-0.39, 0.29) is 5.41 Å². The zero-order valence-electron chi connectivity index (χ0n) is 25.2. The summed E-state index contributed by atoms with van der Waals surface area (Å²) in [4.78, 5) is 2.68. The highest BCUT2D eigenvalue weighted by molar-refractivity contribution is 7.99. The Balaban J connectivity index is 1.33. The molecule has 1 unspecified atom stereocenters. The van der Waals surface area contributed by atoms with Gasteiger partial charge in [-0.15, -0.1) is 0 Å². The third-order valence-electron chi connectivity index (χ3n) is 10.2. The van der Waals surface area contributed by atoms with Crippen molar-refractivity contribution >= 4 is 33.6 Å². The van der Waals surface area contributed by atoms with Crippen LogP contribution in [-0.4, -0.2) is 4.57 Å². The Labute approximate surface area is 272 Å². The van der Waals surface area contributed by atoms with Crippen molar-refractivity contribution in [3.63, 3.8) is 0 Å². The number of hydrogen-bond donors (Lipinski definition) is 0. The topological polar surface area (TPSA) is 4.93 Å². The van der Waals surface area contributed by atoms with E-state index < -0.39 is 0 Å². The van der Waals surface area contributed by atoms with Gasteiger partial charge >= 0.3 is 0 Å². The van der Waals surface area contributed by atoms with Crippen LogP contribution in [-0.2, 0) is 11.8 Å². The normalized spacial score (nSPS) is 16.2. The van der Waals surface area contributed by atoms with Crippen LogP contribution < -0.4 is 0 Å². The van der Waals surface area contributed by atoms with E-state index in [9.17, 15) is 0 Å². The molecule has 8 aromatic rings. The lowest BCUT2D eigenvalue weighted by molar-refractivity contribution is 0.613. The zero-order chi connectivity index (χ0) is 30.2. The van der Waals surface area contributed by atoms with Gasteiger partial charge in [0, 0.05) is 20.6 Å². The van der Waals surface area contributed by atoms with Crippen LogP contribution in [0, 0.1) is 0 Å². The average Bonchev–Trinajstić information content (AvgIpc) is 3.54. The van der Waals surface area contributed by atoms with Crippen molar-refractivity contribution in [3.8, 4) is 27.9 Å². The standard InChI is InChI=1S/C44H29NS/c1-2-13-29(14-3-1)30-25-26-39-35(27-30)33-17-6-9-21-38(33)45(39)40-22-12-18-34-32-16-5-7-19-36(32)44(43(34)40)28-31-15-4-10-23-41(31)46-42-24-11-8-20-37(42)44/h1-27H,28H2. The monoisotopic (exact) mass is 603 g/mol. The van der Waals surface area contributed by atoms with Gasteiger partial charge < -0.3 is 4.57 Å². The number of para-hydroxylation sites is 1. The lowest BCUT2D eigenvalue weighted by Crippen LogP contribution is -2.31. The molecule has 1 aromatic heterocycles. The molecule has 1 aliphatic carbocycles. The Hall–Kier alpha value is -5.31. The number of aromatic nitrogens is 1. The molecule has 0 fully saturated rings. The molecule has 0 N–H and O–H groups in total. The third kappa shape index (κ3) is 3.53. The zero-order valence-corrected chi connectivity index (χ0v) is 26.0. The fraction of sp³-hybridized carbons (Fsp3) is 0.0455. The van der Waals surface area contributed by atoms with Crippen molar-refractivity contribution in [2.45, 2.75) is 21.6 Å². The minimum Gasteiger partial charge on any atom is -0.309 e. The maximum absolute atomic E-state index is 2.54. The van der Waals surface area contributed by atoms with Gasteiger partial charge in [-0.3, -0.25) is 0 Å². The van der Waals surface area contributed by atoms with E-state index in [1.54, 1.807) is 0 Å². The molecule has 0 saturated heterocycles. The van der Waals surface area contributed by atoms with E-state index in [1.165, 1.54) is 81.8 Å². The Morgan fingerprint density at radius 3 is 2.09 bits per heavy atom. The molecule has 46 heavy (non-hydrogen) atoms. The Bertz CT molecular complexity index is 2490. The van der Waals surface area contributed by atoms with Crippen molar-refractivity contribution in [3.05, 3.63) is 186 Å². The van der Waals surface area contributed by atoms with Crippen LogP contribution in [0.3, 0.4) is 0 Å². The summed E-state index contributed by atoms with van der Waals surface area (Å²) in [6, 6.07) is 60.9. The molecule has 1 nitrogen and oxygen atoms in total. The van der Waals surface area contributed by atoms with Gasteiger partial charge in [0.1, 0.15) is 0 Å². The van der Waals surface area contributed by atoms with E-state index in [2.05, 4.69) is 168 Å². The molecule has 2 heteroatoms. The summed E-state index contributed by atoms with van der Waals surface area (Å²) in [5, 5.41) is 2.56. The molecule has 10 rings (SSSR count). The molecular weight excluding hydrogens is 575 g/mol. The lowest BCUT2D eigenvalue weighted by Gasteiger charge is -2.35. The first-order valence-corrected chi connectivity index (χ1v) is 16.8. The van der Waals surface area contributed by atoms with E-state index in [4.69, 9.17) is 0 Å². The number of fused-ring (bicyclic) bond motifs is 11. The van der Waals surface area contributed by atoms with Gasteiger partial charge in [-0.25, -0.2) is 0 Å². The molecule has 0 bridgehead atoms. The summed E-state index contributed by atoms with van der Waals surface area (Å²) >= 11 is 1.91. The number of benzene rings is 7.